The van der Waals surface area contributed by atoms with Crippen LogP contribution in [-0.4, -0.2) is 17.8 Å². The highest BCUT2D eigenvalue weighted by atomic mass is 16.5. The van der Waals surface area contributed by atoms with Crippen molar-refractivity contribution in [2.24, 2.45) is 0 Å². The molecule has 3 heteroatoms. The van der Waals surface area contributed by atoms with Gasteiger partial charge in [0, 0.05) is 0 Å². The maximum Gasteiger partial charge on any atom is 0.171 e. The van der Waals surface area contributed by atoms with E-state index in [1.165, 1.54) is 7.11 Å². The average Bonchev–Trinajstić information content (AvgIpc) is 2.17. The largest absolute Gasteiger partial charge is 0.504 e. The summed E-state index contributed by atoms with van der Waals surface area (Å²) < 4.78 is 10.9. The van der Waals surface area contributed by atoms with E-state index in [2.05, 4.69) is 0 Å². The molecule has 80 valence electrons. The number of rotatable bonds is 1. The first kappa shape index (κ1) is 9.90. The fourth-order valence-electron chi connectivity index (χ4n) is 1.63. The molecule has 0 amide bonds. The molecule has 1 aromatic carbocycles. The maximum absolute atomic E-state index is 9.58. The lowest BCUT2D eigenvalue weighted by Crippen LogP contribution is -2.27. The van der Waals surface area contributed by atoms with Gasteiger partial charge in [-0.15, -0.1) is 0 Å². The summed E-state index contributed by atoms with van der Waals surface area (Å²) in [6, 6.07) is 3.32. The molecule has 0 atom stereocenters. The van der Waals surface area contributed by atoms with E-state index in [-0.39, 0.29) is 11.4 Å². The van der Waals surface area contributed by atoms with Crippen molar-refractivity contribution in [3.63, 3.8) is 0 Å². The second-order valence-corrected chi connectivity index (χ2v) is 4.07. The highest BCUT2D eigenvalue weighted by molar-refractivity contribution is 5.70. The molecular weight excluding hydrogens is 192 g/mol. The van der Waals surface area contributed by atoms with E-state index in [1.807, 2.05) is 26.0 Å². The van der Waals surface area contributed by atoms with Crippen molar-refractivity contribution in [3.8, 4) is 17.2 Å². The van der Waals surface area contributed by atoms with E-state index in [0.29, 0.717) is 5.75 Å². The molecular formula is C12H14O3. The molecule has 0 saturated carbocycles. The summed E-state index contributed by atoms with van der Waals surface area (Å²) >= 11 is 0. The van der Waals surface area contributed by atoms with Crippen LogP contribution in [0.4, 0.5) is 0 Å². The zero-order chi connectivity index (χ0) is 11.1. The number of ether oxygens (including phenoxy) is 2. The van der Waals surface area contributed by atoms with Crippen molar-refractivity contribution in [2.75, 3.05) is 7.11 Å². The van der Waals surface area contributed by atoms with Crippen molar-refractivity contribution >= 4 is 6.08 Å². The smallest absolute Gasteiger partial charge is 0.171 e. The van der Waals surface area contributed by atoms with Crippen LogP contribution in [0.3, 0.4) is 0 Å². The first-order chi connectivity index (χ1) is 7.03. The second kappa shape index (κ2) is 3.19. The minimum atomic E-state index is -0.311. The lowest BCUT2D eigenvalue weighted by molar-refractivity contribution is 0.158. The van der Waals surface area contributed by atoms with E-state index >= 15 is 0 Å². The van der Waals surface area contributed by atoms with Crippen LogP contribution in [0, 0.1) is 0 Å². The third-order valence-electron chi connectivity index (χ3n) is 2.36. The van der Waals surface area contributed by atoms with Gasteiger partial charge < -0.3 is 14.6 Å². The lowest BCUT2D eigenvalue weighted by atomic mass is 10.0. The summed E-state index contributed by atoms with van der Waals surface area (Å²) in [5.74, 6) is 1.32. The van der Waals surface area contributed by atoms with Crippen LogP contribution in [0.25, 0.3) is 6.08 Å². The molecule has 1 aliphatic rings. The Kier molecular flexibility index (Phi) is 2.11. The number of methoxy groups -OCH3 is 1. The number of benzene rings is 1. The molecule has 0 fully saturated rings. The third-order valence-corrected chi connectivity index (χ3v) is 2.36. The average molecular weight is 206 g/mol. The van der Waals surface area contributed by atoms with E-state index in [4.69, 9.17) is 9.47 Å². The number of aromatic hydroxyl groups is 1. The topological polar surface area (TPSA) is 38.7 Å². The molecule has 0 radical (unpaired) electrons. The van der Waals surface area contributed by atoms with E-state index in [0.717, 1.165) is 11.3 Å². The van der Waals surface area contributed by atoms with Crippen molar-refractivity contribution in [1.82, 2.24) is 0 Å². The lowest BCUT2D eigenvalue weighted by Gasteiger charge is -2.28. The Bertz CT molecular complexity index is 419. The van der Waals surface area contributed by atoms with E-state index in [9.17, 15) is 5.11 Å². The van der Waals surface area contributed by atoms with Gasteiger partial charge in [0.15, 0.2) is 11.5 Å². The second-order valence-electron chi connectivity index (χ2n) is 4.07. The van der Waals surface area contributed by atoms with Gasteiger partial charge in [-0.05, 0) is 38.1 Å². The first-order valence-electron chi connectivity index (χ1n) is 4.82. The number of hydrogen-bond donors (Lipinski definition) is 1. The number of phenols is 1. The molecule has 0 bridgehead atoms. The van der Waals surface area contributed by atoms with Crippen LogP contribution in [0.5, 0.6) is 17.2 Å². The summed E-state index contributed by atoms with van der Waals surface area (Å²) in [7, 11) is 1.53. The van der Waals surface area contributed by atoms with Gasteiger partial charge in [-0.3, -0.25) is 0 Å². The van der Waals surface area contributed by atoms with Gasteiger partial charge in [-0.1, -0.05) is 0 Å². The standard InChI is InChI=1S/C12H14O3/c1-12(2)7-6-8-10(15-12)5-4-9(13)11(8)14-3/h4-7,13H,1-3H3. The highest BCUT2D eigenvalue weighted by Gasteiger charge is 2.24. The Morgan fingerprint density at radius 2 is 2.07 bits per heavy atom. The fourth-order valence-corrected chi connectivity index (χ4v) is 1.63. The van der Waals surface area contributed by atoms with Crippen LogP contribution in [0.1, 0.15) is 19.4 Å². The molecule has 0 aliphatic carbocycles. The molecule has 3 nitrogen and oxygen atoms in total. The van der Waals surface area contributed by atoms with Gasteiger partial charge in [0.05, 0.1) is 12.7 Å². The minimum Gasteiger partial charge on any atom is -0.504 e. The fraction of sp³-hybridized carbons (Fsp3) is 0.333. The van der Waals surface area contributed by atoms with Gasteiger partial charge in [-0.25, -0.2) is 0 Å². The van der Waals surface area contributed by atoms with Crippen LogP contribution in [0.15, 0.2) is 18.2 Å². The molecule has 0 saturated heterocycles. The third kappa shape index (κ3) is 1.65. The molecule has 1 aliphatic heterocycles. The van der Waals surface area contributed by atoms with Crippen LogP contribution in [0.2, 0.25) is 0 Å². The molecule has 15 heavy (non-hydrogen) atoms. The summed E-state index contributed by atoms with van der Waals surface area (Å²) in [5.41, 5.74) is 0.478. The van der Waals surface area contributed by atoms with Crippen LogP contribution < -0.4 is 9.47 Å². The maximum atomic E-state index is 9.58. The normalized spacial score (nSPS) is 16.7. The van der Waals surface area contributed by atoms with Crippen molar-refractivity contribution in [3.05, 3.63) is 23.8 Å². The first-order valence-corrected chi connectivity index (χ1v) is 4.82. The molecule has 1 aromatic rings. The summed E-state index contributed by atoms with van der Waals surface area (Å²) in [6.07, 6.45) is 3.86. The summed E-state index contributed by atoms with van der Waals surface area (Å²) in [6.45, 7) is 3.96. The van der Waals surface area contributed by atoms with Gasteiger partial charge >= 0.3 is 0 Å². The summed E-state index contributed by atoms with van der Waals surface area (Å²) in [5, 5.41) is 9.58. The predicted molar refractivity (Wildman–Crippen MR) is 58.4 cm³/mol. The Morgan fingerprint density at radius 1 is 1.33 bits per heavy atom. The quantitative estimate of drug-likeness (QED) is 0.767. The zero-order valence-corrected chi connectivity index (χ0v) is 9.07. The van der Waals surface area contributed by atoms with E-state index in [1.54, 1.807) is 12.1 Å². The minimum absolute atomic E-state index is 0.129. The van der Waals surface area contributed by atoms with Crippen LogP contribution >= 0.6 is 0 Å². The van der Waals surface area contributed by atoms with Gasteiger partial charge in [0.1, 0.15) is 11.4 Å². The van der Waals surface area contributed by atoms with Gasteiger partial charge in [0.25, 0.3) is 0 Å². The number of hydrogen-bond acceptors (Lipinski definition) is 3. The summed E-state index contributed by atoms with van der Waals surface area (Å²) in [4.78, 5) is 0. The Hall–Kier alpha value is -1.64. The van der Waals surface area contributed by atoms with Gasteiger partial charge in [-0.2, -0.15) is 0 Å². The molecule has 1 N–H and O–H groups in total. The van der Waals surface area contributed by atoms with Gasteiger partial charge in [0.2, 0.25) is 0 Å². The van der Waals surface area contributed by atoms with Crippen molar-refractivity contribution in [1.29, 1.82) is 0 Å². The Morgan fingerprint density at radius 3 is 2.73 bits per heavy atom. The number of fused-ring (bicyclic) bond motifs is 1. The highest BCUT2D eigenvalue weighted by Crippen LogP contribution is 2.41. The number of phenolic OH excluding ortho intramolecular Hbond substituents is 1. The van der Waals surface area contributed by atoms with E-state index < -0.39 is 0 Å². The molecule has 0 unspecified atom stereocenters. The zero-order valence-electron chi connectivity index (χ0n) is 9.07. The molecule has 2 rings (SSSR count). The monoisotopic (exact) mass is 206 g/mol. The SMILES string of the molecule is COc1c(O)ccc2c1C=CC(C)(C)O2. The molecule has 0 spiro atoms. The van der Waals surface area contributed by atoms with Crippen molar-refractivity contribution < 1.29 is 14.6 Å². The van der Waals surface area contributed by atoms with Crippen molar-refractivity contribution in [2.45, 2.75) is 19.4 Å². The Balaban J connectivity index is 2.56. The molecule has 1 heterocycles. The van der Waals surface area contributed by atoms with Crippen LogP contribution in [-0.2, 0) is 0 Å². The Labute approximate surface area is 88.9 Å². The molecule has 0 aromatic heterocycles. The predicted octanol–water partition coefficient (Wildman–Crippen LogP) is 2.58.